The molecule has 0 amide bonds. The van der Waals surface area contributed by atoms with E-state index in [-0.39, 0.29) is 6.42 Å². The van der Waals surface area contributed by atoms with Crippen LogP contribution in [0.25, 0.3) is 0 Å². The Labute approximate surface area is 113 Å². The molecule has 19 heavy (non-hydrogen) atoms. The van der Waals surface area contributed by atoms with Gasteiger partial charge in [0.25, 0.3) is 0 Å². The highest BCUT2D eigenvalue weighted by Gasteiger charge is 2.22. The van der Waals surface area contributed by atoms with Gasteiger partial charge in [-0.25, -0.2) is 0 Å². The molecule has 6 nitrogen and oxygen atoms in total. The van der Waals surface area contributed by atoms with Gasteiger partial charge in [-0.15, -0.1) is 5.10 Å². The summed E-state index contributed by atoms with van der Waals surface area (Å²) in [7, 11) is 3.94. The number of nitrogens with zero attached hydrogens (tertiary/aromatic N) is 4. The van der Waals surface area contributed by atoms with E-state index in [2.05, 4.69) is 22.1 Å². The minimum absolute atomic E-state index is 0.105. The summed E-state index contributed by atoms with van der Waals surface area (Å²) in [5.74, 6) is 0.387. The Morgan fingerprint density at radius 1 is 1.53 bits per heavy atom. The molecule has 1 aliphatic heterocycles. The third-order valence-electron chi connectivity index (χ3n) is 3.53. The molecule has 6 heteroatoms. The van der Waals surface area contributed by atoms with Gasteiger partial charge >= 0.3 is 5.97 Å². The number of likely N-dealkylation sites (tertiary alicyclic amines) is 1. The van der Waals surface area contributed by atoms with Gasteiger partial charge < -0.3 is 14.9 Å². The molecular formula is C13H20N4O2. The van der Waals surface area contributed by atoms with Crippen LogP contribution in [0.1, 0.15) is 24.5 Å². The zero-order chi connectivity index (χ0) is 13.8. The Bertz CT molecular complexity index is 435. The first kappa shape index (κ1) is 13.7. The molecule has 2 rings (SSSR count). The van der Waals surface area contributed by atoms with Crippen LogP contribution in [0, 0.1) is 0 Å². The van der Waals surface area contributed by atoms with Gasteiger partial charge in [0.1, 0.15) is 0 Å². The molecule has 0 aliphatic carbocycles. The molecule has 2 heterocycles. The maximum absolute atomic E-state index is 10.5. The van der Waals surface area contributed by atoms with Crippen LogP contribution in [0.2, 0.25) is 0 Å². The van der Waals surface area contributed by atoms with Gasteiger partial charge in [0.2, 0.25) is 0 Å². The number of carbonyl (C=O) groups is 1. The number of hydrogen-bond donors (Lipinski definition) is 1. The fourth-order valence-corrected chi connectivity index (χ4v) is 2.31. The van der Waals surface area contributed by atoms with Crippen molar-refractivity contribution in [1.29, 1.82) is 0 Å². The van der Waals surface area contributed by atoms with Crippen molar-refractivity contribution in [3.05, 3.63) is 17.8 Å². The minimum Gasteiger partial charge on any atom is -0.481 e. The third kappa shape index (κ3) is 3.64. The normalized spacial score (nSPS) is 19.6. The Kier molecular flexibility index (Phi) is 4.31. The second kappa shape index (κ2) is 5.97. The zero-order valence-corrected chi connectivity index (χ0v) is 11.4. The molecule has 0 radical (unpaired) electrons. The van der Waals surface area contributed by atoms with Crippen LogP contribution in [-0.2, 0) is 4.79 Å². The summed E-state index contributed by atoms with van der Waals surface area (Å²) in [5, 5.41) is 17.1. The standard InChI is InChI=1S/C13H20N4O2/c1-16-7-5-10(9-16)11-3-4-12(15-14-11)17(2)8-6-13(18)19/h3-4,10H,5-9H2,1-2H3,(H,18,19). The summed E-state index contributed by atoms with van der Waals surface area (Å²) in [6.45, 7) is 2.57. The van der Waals surface area contributed by atoms with Gasteiger partial charge in [-0.1, -0.05) is 0 Å². The summed E-state index contributed by atoms with van der Waals surface area (Å²) >= 11 is 0. The lowest BCUT2D eigenvalue weighted by atomic mass is 10.1. The van der Waals surface area contributed by atoms with Gasteiger partial charge in [-0.05, 0) is 32.1 Å². The monoisotopic (exact) mass is 264 g/mol. The summed E-state index contributed by atoms with van der Waals surface area (Å²) in [6.07, 6.45) is 1.23. The van der Waals surface area contributed by atoms with E-state index in [1.807, 2.05) is 24.1 Å². The fraction of sp³-hybridized carbons (Fsp3) is 0.615. The lowest BCUT2D eigenvalue weighted by Crippen LogP contribution is -2.22. The lowest BCUT2D eigenvalue weighted by molar-refractivity contribution is -0.136. The lowest BCUT2D eigenvalue weighted by Gasteiger charge is -2.17. The number of rotatable bonds is 5. The van der Waals surface area contributed by atoms with Gasteiger partial charge in [0, 0.05) is 26.1 Å². The number of hydrogen-bond acceptors (Lipinski definition) is 5. The highest BCUT2D eigenvalue weighted by Crippen LogP contribution is 2.24. The van der Waals surface area contributed by atoms with E-state index in [9.17, 15) is 4.79 Å². The first-order chi connectivity index (χ1) is 9.06. The molecule has 1 atom stereocenters. The maximum Gasteiger partial charge on any atom is 0.305 e. The highest BCUT2D eigenvalue weighted by atomic mass is 16.4. The molecule has 1 N–H and O–H groups in total. The average Bonchev–Trinajstić information content (AvgIpc) is 2.83. The van der Waals surface area contributed by atoms with E-state index in [4.69, 9.17) is 5.11 Å². The van der Waals surface area contributed by atoms with Crippen molar-refractivity contribution in [2.24, 2.45) is 0 Å². The van der Waals surface area contributed by atoms with E-state index >= 15 is 0 Å². The predicted octanol–water partition coefficient (Wildman–Crippen LogP) is 0.807. The smallest absolute Gasteiger partial charge is 0.305 e. The average molecular weight is 264 g/mol. The van der Waals surface area contributed by atoms with Crippen molar-refractivity contribution in [3.63, 3.8) is 0 Å². The van der Waals surface area contributed by atoms with E-state index in [1.54, 1.807) is 0 Å². The Morgan fingerprint density at radius 3 is 2.84 bits per heavy atom. The summed E-state index contributed by atoms with van der Waals surface area (Å²) < 4.78 is 0. The Balaban J connectivity index is 1.96. The first-order valence-corrected chi connectivity index (χ1v) is 6.51. The fourth-order valence-electron chi connectivity index (χ4n) is 2.31. The largest absolute Gasteiger partial charge is 0.481 e. The van der Waals surface area contributed by atoms with Crippen LogP contribution in [0.4, 0.5) is 5.82 Å². The van der Waals surface area contributed by atoms with Crippen molar-refractivity contribution < 1.29 is 9.90 Å². The molecule has 1 saturated heterocycles. The number of carboxylic acids is 1. The van der Waals surface area contributed by atoms with Crippen LogP contribution in [0.3, 0.4) is 0 Å². The predicted molar refractivity (Wildman–Crippen MR) is 72.4 cm³/mol. The van der Waals surface area contributed by atoms with Crippen LogP contribution in [0.5, 0.6) is 0 Å². The SMILES string of the molecule is CN1CCC(c2ccc(N(C)CCC(=O)O)nn2)C1. The van der Waals surface area contributed by atoms with Crippen molar-refractivity contribution >= 4 is 11.8 Å². The van der Waals surface area contributed by atoms with Gasteiger partial charge in [0.05, 0.1) is 12.1 Å². The Morgan fingerprint density at radius 2 is 2.32 bits per heavy atom. The second-order valence-electron chi connectivity index (χ2n) is 5.13. The molecule has 1 unspecified atom stereocenters. The Hall–Kier alpha value is -1.69. The van der Waals surface area contributed by atoms with E-state index in [0.29, 0.717) is 12.5 Å². The number of carboxylic acid groups (broad SMARTS) is 1. The van der Waals surface area contributed by atoms with Crippen LogP contribution < -0.4 is 4.90 Å². The van der Waals surface area contributed by atoms with Crippen LogP contribution in [-0.4, -0.2) is 59.9 Å². The molecule has 1 fully saturated rings. The molecule has 0 bridgehead atoms. The number of anilines is 1. The van der Waals surface area contributed by atoms with Crippen LogP contribution in [0.15, 0.2) is 12.1 Å². The number of aliphatic carboxylic acids is 1. The summed E-state index contributed by atoms with van der Waals surface area (Å²) in [5.41, 5.74) is 1.03. The molecule has 0 spiro atoms. The molecule has 1 aromatic heterocycles. The van der Waals surface area contributed by atoms with Crippen LogP contribution >= 0.6 is 0 Å². The second-order valence-corrected chi connectivity index (χ2v) is 5.13. The molecular weight excluding hydrogens is 244 g/mol. The van der Waals surface area contributed by atoms with E-state index in [0.717, 1.165) is 31.0 Å². The first-order valence-electron chi connectivity index (χ1n) is 6.51. The zero-order valence-electron chi connectivity index (χ0n) is 11.4. The molecule has 0 aromatic carbocycles. The van der Waals surface area contributed by atoms with Crippen molar-refractivity contribution in [2.45, 2.75) is 18.8 Å². The van der Waals surface area contributed by atoms with E-state index in [1.165, 1.54) is 0 Å². The molecule has 104 valence electrons. The minimum atomic E-state index is -0.801. The summed E-state index contributed by atoms with van der Waals surface area (Å²) in [6, 6.07) is 3.92. The van der Waals surface area contributed by atoms with Crippen molar-refractivity contribution in [3.8, 4) is 0 Å². The number of likely N-dealkylation sites (N-methyl/N-ethyl adjacent to an activating group) is 1. The van der Waals surface area contributed by atoms with Gasteiger partial charge in [-0.3, -0.25) is 4.79 Å². The number of aromatic nitrogens is 2. The van der Waals surface area contributed by atoms with E-state index < -0.39 is 5.97 Å². The third-order valence-corrected chi connectivity index (χ3v) is 3.53. The van der Waals surface area contributed by atoms with Gasteiger partial charge in [-0.2, -0.15) is 5.10 Å². The highest BCUT2D eigenvalue weighted by molar-refractivity contribution is 5.67. The van der Waals surface area contributed by atoms with Crippen molar-refractivity contribution in [2.75, 3.05) is 38.6 Å². The molecule has 1 aliphatic rings. The molecule has 1 aromatic rings. The maximum atomic E-state index is 10.5. The quantitative estimate of drug-likeness (QED) is 0.848. The molecule has 0 saturated carbocycles. The van der Waals surface area contributed by atoms with Gasteiger partial charge in [0.15, 0.2) is 5.82 Å². The summed E-state index contributed by atoms with van der Waals surface area (Å²) in [4.78, 5) is 14.6. The topological polar surface area (TPSA) is 69.6 Å². The van der Waals surface area contributed by atoms with Crippen molar-refractivity contribution in [1.82, 2.24) is 15.1 Å².